The molecule has 0 bridgehead atoms. The lowest BCUT2D eigenvalue weighted by atomic mass is 10.2. The maximum absolute atomic E-state index is 13.6. The second-order valence-electron chi connectivity index (χ2n) is 4.43. The van der Waals surface area contributed by atoms with Crippen LogP contribution >= 0.6 is 23.1 Å². The second kappa shape index (κ2) is 7.03. The Morgan fingerprint density at radius 2 is 2.21 bits per heavy atom. The summed E-state index contributed by atoms with van der Waals surface area (Å²) in [5, 5.41) is 11.6. The van der Waals surface area contributed by atoms with E-state index in [-0.39, 0.29) is 12.4 Å². The maximum atomic E-state index is 13.6. The van der Waals surface area contributed by atoms with Crippen molar-refractivity contribution in [3.63, 3.8) is 0 Å². The molecule has 0 aliphatic carbocycles. The van der Waals surface area contributed by atoms with E-state index in [0.717, 1.165) is 22.2 Å². The predicted molar refractivity (Wildman–Crippen MR) is 79.9 cm³/mol. The first-order valence-electron chi connectivity index (χ1n) is 6.08. The smallest absolute Gasteiger partial charge is 0.133 e. The molecule has 2 nitrogen and oxygen atoms in total. The van der Waals surface area contributed by atoms with Crippen LogP contribution in [0.3, 0.4) is 0 Å². The van der Waals surface area contributed by atoms with E-state index in [1.807, 2.05) is 18.4 Å². The van der Waals surface area contributed by atoms with Crippen LogP contribution < -0.4 is 0 Å². The Hall–Kier alpha value is -0.910. The third-order valence-corrected chi connectivity index (χ3v) is 4.85. The summed E-state index contributed by atoms with van der Waals surface area (Å²) in [6, 6.07) is 6.70. The van der Waals surface area contributed by atoms with Crippen molar-refractivity contribution in [3.05, 3.63) is 41.2 Å². The molecule has 19 heavy (non-hydrogen) atoms. The molecule has 0 spiro atoms. The van der Waals surface area contributed by atoms with Gasteiger partial charge in [-0.3, -0.25) is 0 Å². The quantitative estimate of drug-likeness (QED) is 0.880. The summed E-state index contributed by atoms with van der Waals surface area (Å²) in [6.45, 7) is 2.23. The van der Waals surface area contributed by atoms with Gasteiger partial charge in [-0.2, -0.15) is 11.8 Å². The van der Waals surface area contributed by atoms with Crippen molar-refractivity contribution in [2.45, 2.75) is 12.7 Å². The third kappa shape index (κ3) is 4.03. The van der Waals surface area contributed by atoms with Gasteiger partial charge in [0.1, 0.15) is 10.8 Å². The number of halogens is 1. The summed E-state index contributed by atoms with van der Waals surface area (Å²) in [4.78, 5) is 4.46. The largest absolute Gasteiger partial charge is 0.396 e. The van der Waals surface area contributed by atoms with Gasteiger partial charge in [-0.15, -0.1) is 11.3 Å². The summed E-state index contributed by atoms with van der Waals surface area (Å²) >= 11 is 3.21. The number of thiazole rings is 1. The molecular formula is C14H16FNOS2. The number of aliphatic hydroxyl groups is 1. The molecule has 1 aromatic heterocycles. The average molecular weight is 297 g/mol. The Morgan fingerprint density at radius 3 is 2.95 bits per heavy atom. The van der Waals surface area contributed by atoms with Crippen LogP contribution in [0.2, 0.25) is 0 Å². The van der Waals surface area contributed by atoms with E-state index in [0.29, 0.717) is 11.5 Å². The Balaban J connectivity index is 1.98. The van der Waals surface area contributed by atoms with E-state index in [4.69, 9.17) is 5.11 Å². The lowest BCUT2D eigenvalue weighted by molar-refractivity contribution is 0.250. The SMILES string of the molecule is CC(CO)CSCc1csc(-c2ccccc2F)n1. The highest BCUT2D eigenvalue weighted by atomic mass is 32.2. The van der Waals surface area contributed by atoms with Crippen LogP contribution in [-0.2, 0) is 5.75 Å². The fraction of sp³-hybridized carbons (Fsp3) is 0.357. The number of aliphatic hydroxyl groups excluding tert-OH is 1. The van der Waals surface area contributed by atoms with Gasteiger partial charge in [0.05, 0.1) is 5.69 Å². The minimum absolute atomic E-state index is 0.213. The summed E-state index contributed by atoms with van der Waals surface area (Å²) in [6.07, 6.45) is 0. The van der Waals surface area contributed by atoms with Gasteiger partial charge in [0.2, 0.25) is 0 Å². The van der Waals surface area contributed by atoms with Crippen molar-refractivity contribution < 1.29 is 9.50 Å². The molecule has 1 heterocycles. The molecule has 0 saturated carbocycles. The highest BCUT2D eigenvalue weighted by molar-refractivity contribution is 7.98. The van der Waals surface area contributed by atoms with E-state index in [2.05, 4.69) is 4.98 Å². The highest BCUT2D eigenvalue weighted by Gasteiger charge is 2.09. The van der Waals surface area contributed by atoms with Gasteiger partial charge < -0.3 is 5.11 Å². The summed E-state index contributed by atoms with van der Waals surface area (Å²) in [5.41, 5.74) is 1.53. The van der Waals surface area contributed by atoms with Crippen molar-refractivity contribution >= 4 is 23.1 Å². The minimum Gasteiger partial charge on any atom is -0.396 e. The number of aromatic nitrogens is 1. The van der Waals surface area contributed by atoms with Gasteiger partial charge in [-0.05, 0) is 23.8 Å². The molecule has 2 aromatic rings. The Bertz CT molecular complexity index is 530. The van der Waals surface area contributed by atoms with E-state index < -0.39 is 0 Å². The average Bonchev–Trinajstić information content (AvgIpc) is 2.87. The first-order chi connectivity index (χ1) is 9.20. The fourth-order valence-electron chi connectivity index (χ4n) is 1.55. The number of hydrogen-bond acceptors (Lipinski definition) is 4. The highest BCUT2D eigenvalue weighted by Crippen LogP contribution is 2.27. The van der Waals surface area contributed by atoms with Crippen LogP contribution in [0.25, 0.3) is 10.6 Å². The summed E-state index contributed by atoms with van der Waals surface area (Å²) in [5.74, 6) is 1.78. The molecule has 0 aliphatic heterocycles. The topological polar surface area (TPSA) is 33.1 Å². The molecule has 0 saturated heterocycles. The van der Waals surface area contributed by atoms with Crippen molar-refractivity contribution in [2.24, 2.45) is 5.92 Å². The first kappa shape index (κ1) is 14.5. The van der Waals surface area contributed by atoms with Gasteiger partial charge in [-0.1, -0.05) is 19.1 Å². The molecule has 0 aliphatic rings. The standard InChI is InChI=1S/C14H16FNOS2/c1-10(6-17)7-18-8-11-9-19-14(16-11)12-4-2-3-5-13(12)15/h2-5,9-10,17H,6-8H2,1H3. The zero-order valence-electron chi connectivity index (χ0n) is 10.7. The summed E-state index contributed by atoms with van der Waals surface area (Å²) in [7, 11) is 0. The molecular weight excluding hydrogens is 281 g/mol. The van der Waals surface area contributed by atoms with Gasteiger partial charge in [0, 0.05) is 23.3 Å². The fourth-order valence-corrected chi connectivity index (χ4v) is 3.48. The number of benzene rings is 1. The van der Waals surface area contributed by atoms with Crippen LogP contribution in [0.15, 0.2) is 29.6 Å². The Morgan fingerprint density at radius 1 is 1.42 bits per heavy atom. The normalized spacial score (nSPS) is 12.6. The lowest BCUT2D eigenvalue weighted by Gasteiger charge is -2.05. The van der Waals surface area contributed by atoms with Gasteiger partial charge in [-0.25, -0.2) is 9.37 Å². The maximum Gasteiger partial charge on any atom is 0.133 e. The molecule has 0 radical (unpaired) electrons. The number of hydrogen-bond donors (Lipinski definition) is 1. The van der Waals surface area contributed by atoms with E-state index in [1.165, 1.54) is 17.4 Å². The van der Waals surface area contributed by atoms with Crippen LogP contribution in [0.5, 0.6) is 0 Å². The molecule has 102 valence electrons. The molecule has 0 amide bonds. The molecule has 1 unspecified atom stereocenters. The molecule has 5 heteroatoms. The zero-order chi connectivity index (χ0) is 13.7. The predicted octanol–water partition coefficient (Wildman–Crippen LogP) is 3.81. The third-order valence-electron chi connectivity index (χ3n) is 2.62. The lowest BCUT2D eigenvalue weighted by Crippen LogP contribution is -2.03. The summed E-state index contributed by atoms with van der Waals surface area (Å²) < 4.78 is 13.6. The van der Waals surface area contributed by atoms with Crippen LogP contribution in [0.1, 0.15) is 12.6 Å². The first-order valence-corrected chi connectivity index (χ1v) is 8.12. The number of thioether (sulfide) groups is 1. The monoisotopic (exact) mass is 297 g/mol. The minimum atomic E-state index is -0.232. The van der Waals surface area contributed by atoms with Crippen LogP contribution in [0, 0.1) is 11.7 Å². The van der Waals surface area contributed by atoms with E-state index in [1.54, 1.807) is 23.9 Å². The van der Waals surface area contributed by atoms with Crippen LogP contribution in [-0.4, -0.2) is 22.5 Å². The van der Waals surface area contributed by atoms with Crippen LogP contribution in [0.4, 0.5) is 4.39 Å². The zero-order valence-corrected chi connectivity index (χ0v) is 12.3. The number of rotatable bonds is 6. The van der Waals surface area contributed by atoms with Gasteiger partial charge in [0.15, 0.2) is 0 Å². The number of nitrogens with zero attached hydrogens (tertiary/aromatic N) is 1. The van der Waals surface area contributed by atoms with Crippen molar-refractivity contribution in [1.82, 2.24) is 4.98 Å². The van der Waals surface area contributed by atoms with Crippen molar-refractivity contribution in [1.29, 1.82) is 0 Å². The molecule has 1 aromatic carbocycles. The van der Waals surface area contributed by atoms with Crippen molar-refractivity contribution in [3.8, 4) is 10.6 Å². The van der Waals surface area contributed by atoms with Gasteiger partial charge in [0.25, 0.3) is 0 Å². The van der Waals surface area contributed by atoms with E-state index in [9.17, 15) is 4.39 Å². The Kier molecular flexibility index (Phi) is 5.36. The molecule has 2 rings (SSSR count). The second-order valence-corrected chi connectivity index (χ2v) is 6.32. The molecule has 1 atom stereocenters. The van der Waals surface area contributed by atoms with E-state index >= 15 is 0 Å². The molecule has 0 fully saturated rings. The Labute approximate surface area is 120 Å². The van der Waals surface area contributed by atoms with Crippen molar-refractivity contribution in [2.75, 3.05) is 12.4 Å². The molecule has 1 N–H and O–H groups in total. The van der Waals surface area contributed by atoms with Gasteiger partial charge >= 0.3 is 0 Å².